The number of hydrogen-bond acceptors (Lipinski definition) is 4. The molecule has 1 fully saturated rings. The van der Waals surface area contributed by atoms with Crippen molar-refractivity contribution in [3.05, 3.63) is 0 Å². The number of nitrogens with zero attached hydrogens (tertiary/aromatic N) is 2. The number of nitrogens with two attached hydrogens (primary N) is 1. The molecule has 1 aromatic heterocycles. The standard InChI is InChI=1S/C9H16N4S/c10-8-11-9(13-12-8)14-7-5-3-1-2-4-6-7/h7H,1-6H2,(H3,10,11,12,13). The molecule has 1 aromatic rings. The lowest BCUT2D eigenvalue weighted by molar-refractivity contribution is 0.702. The SMILES string of the molecule is Nc1nc(SC2CCCCCC2)n[nH]1. The minimum atomic E-state index is 0.418. The van der Waals surface area contributed by atoms with E-state index in [-0.39, 0.29) is 0 Å². The fourth-order valence-corrected chi connectivity index (χ4v) is 2.94. The van der Waals surface area contributed by atoms with Gasteiger partial charge in [0.1, 0.15) is 0 Å². The third-order valence-electron chi connectivity index (χ3n) is 2.56. The van der Waals surface area contributed by atoms with Crippen LogP contribution in [0.3, 0.4) is 0 Å². The second-order valence-corrected chi connectivity index (χ2v) is 5.00. The average Bonchev–Trinajstić information content (AvgIpc) is 2.43. The Balaban J connectivity index is 1.89. The van der Waals surface area contributed by atoms with E-state index in [1.54, 1.807) is 11.8 Å². The molecule has 5 heteroatoms. The van der Waals surface area contributed by atoms with Crippen molar-refractivity contribution in [1.29, 1.82) is 0 Å². The van der Waals surface area contributed by atoms with Crippen molar-refractivity contribution >= 4 is 17.7 Å². The van der Waals surface area contributed by atoms with Crippen LogP contribution < -0.4 is 5.73 Å². The molecule has 2 rings (SSSR count). The van der Waals surface area contributed by atoms with Crippen molar-refractivity contribution in [2.24, 2.45) is 0 Å². The summed E-state index contributed by atoms with van der Waals surface area (Å²) >= 11 is 1.77. The molecule has 3 N–H and O–H groups in total. The van der Waals surface area contributed by atoms with Crippen LogP contribution in [0.25, 0.3) is 0 Å². The van der Waals surface area contributed by atoms with Gasteiger partial charge in [-0.1, -0.05) is 37.4 Å². The van der Waals surface area contributed by atoms with Gasteiger partial charge in [0.25, 0.3) is 0 Å². The fourth-order valence-electron chi connectivity index (χ4n) is 1.82. The molecule has 4 nitrogen and oxygen atoms in total. The highest BCUT2D eigenvalue weighted by Crippen LogP contribution is 2.30. The quantitative estimate of drug-likeness (QED) is 0.737. The predicted molar refractivity (Wildman–Crippen MR) is 58.1 cm³/mol. The molecule has 0 radical (unpaired) electrons. The first kappa shape index (κ1) is 9.83. The van der Waals surface area contributed by atoms with Crippen LogP contribution in [0.1, 0.15) is 38.5 Å². The van der Waals surface area contributed by atoms with Crippen LogP contribution in [0.2, 0.25) is 0 Å². The third-order valence-corrected chi connectivity index (χ3v) is 3.75. The van der Waals surface area contributed by atoms with Gasteiger partial charge in [-0.15, -0.1) is 5.10 Å². The highest BCUT2D eigenvalue weighted by Gasteiger charge is 2.15. The number of aromatic nitrogens is 3. The molecule has 0 spiro atoms. The van der Waals surface area contributed by atoms with E-state index in [9.17, 15) is 0 Å². The summed E-state index contributed by atoms with van der Waals surface area (Å²) in [5.74, 6) is 0.418. The lowest BCUT2D eigenvalue weighted by atomic mass is 10.2. The maximum Gasteiger partial charge on any atom is 0.216 e. The number of rotatable bonds is 2. The number of hydrogen-bond donors (Lipinski definition) is 2. The third kappa shape index (κ3) is 2.64. The second-order valence-electron chi connectivity index (χ2n) is 3.73. The molecule has 1 saturated carbocycles. The zero-order chi connectivity index (χ0) is 9.80. The lowest BCUT2D eigenvalue weighted by Gasteiger charge is -2.09. The Morgan fingerprint density at radius 3 is 2.50 bits per heavy atom. The van der Waals surface area contributed by atoms with E-state index < -0.39 is 0 Å². The largest absolute Gasteiger partial charge is 0.368 e. The Hall–Kier alpha value is -0.710. The molecule has 0 saturated heterocycles. The van der Waals surface area contributed by atoms with Crippen LogP contribution in [0.15, 0.2) is 5.16 Å². The molecule has 0 unspecified atom stereocenters. The second kappa shape index (κ2) is 4.68. The summed E-state index contributed by atoms with van der Waals surface area (Å²) in [7, 11) is 0. The highest BCUT2D eigenvalue weighted by molar-refractivity contribution is 7.99. The average molecular weight is 212 g/mol. The number of thioether (sulfide) groups is 1. The van der Waals surface area contributed by atoms with Gasteiger partial charge in [-0.05, 0) is 12.8 Å². The molecule has 14 heavy (non-hydrogen) atoms. The molecule has 1 heterocycles. The first-order valence-electron chi connectivity index (χ1n) is 5.19. The molecule has 0 amide bonds. The van der Waals surface area contributed by atoms with Gasteiger partial charge in [0.2, 0.25) is 11.1 Å². The van der Waals surface area contributed by atoms with Crippen LogP contribution in [0.4, 0.5) is 5.95 Å². The van der Waals surface area contributed by atoms with E-state index in [1.807, 2.05) is 0 Å². The van der Waals surface area contributed by atoms with E-state index in [4.69, 9.17) is 5.73 Å². The maximum atomic E-state index is 5.47. The molecule has 78 valence electrons. The van der Waals surface area contributed by atoms with E-state index in [0.717, 1.165) is 5.16 Å². The summed E-state index contributed by atoms with van der Waals surface area (Å²) in [6.07, 6.45) is 8.04. The molecule has 0 aromatic carbocycles. The Morgan fingerprint density at radius 2 is 1.93 bits per heavy atom. The molecule has 1 aliphatic carbocycles. The lowest BCUT2D eigenvalue weighted by Crippen LogP contribution is -2.00. The van der Waals surface area contributed by atoms with E-state index in [1.165, 1.54) is 38.5 Å². The minimum absolute atomic E-state index is 0.418. The normalized spacial score (nSPS) is 19.4. The van der Waals surface area contributed by atoms with Crippen molar-refractivity contribution < 1.29 is 0 Å². The number of nitrogen functional groups attached to an aromatic ring is 1. The molecular formula is C9H16N4S. The van der Waals surface area contributed by atoms with Gasteiger partial charge in [0, 0.05) is 5.25 Å². The van der Waals surface area contributed by atoms with Crippen LogP contribution in [0.5, 0.6) is 0 Å². The van der Waals surface area contributed by atoms with E-state index in [0.29, 0.717) is 11.2 Å². The van der Waals surface area contributed by atoms with Gasteiger partial charge >= 0.3 is 0 Å². The first-order valence-corrected chi connectivity index (χ1v) is 6.07. The smallest absolute Gasteiger partial charge is 0.216 e. The summed E-state index contributed by atoms with van der Waals surface area (Å²) in [6.45, 7) is 0. The fraction of sp³-hybridized carbons (Fsp3) is 0.778. The van der Waals surface area contributed by atoms with Gasteiger partial charge in [0.15, 0.2) is 0 Å². The zero-order valence-corrected chi connectivity index (χ0v) is 9.02. The van der Waals surface area contributed by atoms with Gasteiger partial charge < -0.3 is 5.73 Å². The molecule has 0 bridgehead atoms. The Kier molecular flexibility index (Phi) is 3.29. The van der Waals surface area contributed by atoms with Crippen molar-refractivity contribution in [3.8, 4) is 0 Å². The minimum Gasteiger partial charge on any atom is -0.368 e. The zero-order valence-electron chi connectivity index (χ0n) is 8.20. The highest BCUT2D eigenvalue weighted by atomic mass is 32.2. The van der Waals surface area contributed by atoms with Crippen molar-refractivity contribution in [3.63, 3.8) is 0 Å². The van der Waals surface area contributed by atoms with Gasteiger partial charge in [-0.2, -0.15) is 4.98 Å². The number of aromatic amines is 1. The van der Waals surface area contributed by atoms with Crippen molar-refractivity contribution in [1.82, 2.24) is 15.2 Å². The Labute approximate surface area is 88.1 Å². The topological polar surface area (TPSA) is 67.6 Å². The Morgan fingerprint density at radius 1 is 1.21 bits per heavy atom. The molecule has 0 atom stereocenters. The maximum absolute atomic E-state index is 5.47. The molecule has 1 aliphatic rings. The summed E-state index contributed by atoms with van der Waals surface area (Å²) in [5, 5.41) is 8.20. The molecular weight excluding hydrogens is 196 g/mol. The number of H-pyrrole nitrogens is 1. The number of nitrogens with one attached hydrogen (secondary N) is 1. The van der Waals surface area contributed by atoms with Gasteiger partial charge in [0.05, 0.1) is 0 Å². The predicted octanol–water partition coefficient (Wildman–Crippen LogP) is 2.20. The summed E-state index contributed by atoms with van der Waals surface area (Å²) in [4.78, 5) is 4.11. The first-order chi connectivity index (χ1) is 6.84. The number of anilines is 1. The van der Waals surface area contributed by atoms with Crippen molar-refractivity contribution in [2.45, 2.75) is 48.9 Å². The Bertz CT molecular complexity index is 278. The van der Waals surface area contributed by atoms with Crippen molar-refractivity contribution in [2.75, 3.05) is 5.73 Å². The van der Waals surface area contributed by atoms with E-state index >= 15 is 0 Å². The summed E-state index contributed by atoms with van der Waals surface area (Å²) < 4.78 is 0. The van der Waals surface area contributed by atoms with Gasteiger partial charge in [-0.3, -0.25) is 0 Å². The summed E-state index contributed by atoms with van der Waals surface area (Å²) in [6, 6.07) is 0. The monoisotopic (exact) mass is 212 g/mol. The van der Waals surface area contributed by atoms with Gasteiger partial charge in [-0.25, -0.2) is 5.10 Å². The van der Waals surface area contributed by atoms with Crippen LogP contribution in [-0.2, 0) is 0 Å². The van der Waals surface area contributed by atoms with Crippen LogP contribution in [-0.4, -0.2) is 20.4 Å². The van der Waals surface area contributed by atoms with Crippen LogP contribution in [0, 0.1) is 0 Å². The van der Waals surface area contributed by atoms with Crippen LogP contribution >= 0.6 is 11.8 Å². The van der Waals surface area contributed by atoms with E-state index in [2.05, 4.69) is 15.2 Å². The summed E-state index contributed by atoms with van der Waals surface area (Å²) in [5.41, 5.74) is 5.47. The molecule has 0 aliphatic heterocycles.